The zero-order valence-electron chi connectivity index (χ0n) is 10.1. The summed E-state index contributed by atoms with van der Waals surface area (Å²) in [5.41, 5.74) is 0. The second kappa shape index (κ2) is 5.81. The fourth-order valence-corrected chi connectivity index (χ4v) is 4.49. The average Bonchev–Trinajstić information content (AvgIpc) is 2.39. The first kappa shape index (κ1) is 16.5. The average molecular weight is 318 g/mol. The molecule has 0 aromatic rings. The Morgan fingerprint density at radius 2 is 1.50 bits per heavy atom. The molecule has 5 nitrogen and oxygen atoms in total. The summed E-state index contributed by atoms with van der Waals surface area (Å²) >= 11 is 0. The van der Waals surface area contributed by atoms with Gasteiger partial charge in [0.15, 0.2) is 0 Å². The Morgan fingerprint density at radius 3 is 1.83 bits per heavy atom. The molecule has 0 aromatic heterocycles. The Hall–Kier alpha value is 0.410. The quantitative estimate of drug-likeness (QED) is 0.756. The van der Waals surface area contributed by atoms with Crippen LogP contribution in [0.15, 0.2) is 0 Å². The molecule has 0 saturated carbocycles. The molecule has 0 radical (unpaired) electrons. The SMILES string of the molecule is Cl.Cl.NS(=O)(=O)C1CC2CCC(C1)N2C1CNC1. The van der Waals surface area contributed by atoms with Crippen molar-refractivity contribution < 1.29 is 8.42 Å². The largest absolute Gasteiger partial charge is 0.314 e. The van der Waals surface area contributed by atoms with Crippen LogP contribution in [0, 0.1) is 0 Å². The van der Waals surface area contributed by atoms with E-state index in [4.69, 9.17) is 5.14 Å². The highest BCUT2D eigenvalue weighted by Gasteiger charge is 2.47. The number of primary sulfonamides is 1. The molecular weight excluding hydrogens is 297 g/mol. The van der Waals surface area contributed by atoms with E-state index in [2.05, 4.69) is 10.2 Å². The normalized spacial score (nSPS) is 36.4. The maximum Gasteiger partial charge on any atom is 0.212 e. The van der Waals surface area contributed by atoms with E-state index < -0.39 is 10.0 Å². The molecule has 108 valence electrons. The van der Waals surface area contributed by atoms with Crippen molar-refractivity contribution >= 4 is 34.8 Å². The van der Waals surface area contributed by atoms with E-state index in [-0.39, 0.29) is 30.1 Å². The van der Waals surface area contributed by atoms with Crippen molar-refractivity contribution in [3.05, 3.63) is 0 Å². The molecule has 0 aliphatic carbocycles. The van der Waals surface area contributed by atoms with E-state index in [1.165, 1.54) is 0 Å². The molecule has 2 atom stereocenters. The maximum absolute atomic E-state index is 11.4. The third-order valence-corrected chi connectivity index (χ3v) is 5.71. The number of nitrogens with zero attached hydrogens (tertiary/aromatic N) is 1. The lowest BCUT2D eigenvalue weighted by molar-refractivity contribution is 0.0592. The van der Waals surface area contributed by atoms with Gasteiger partial charge in [0.1, 0.15) is 0 Å². The molecule has 2 bridgehead atoms. The summed E-state index contributed by atoms with van der Waals surface area (Å²) in [6, 6.07) is 1.54. The molecule has 3 N–H and O–H groups in total. The topological polar surface area (TPSA) is 75.4 Å². The summed E-state index contributed by atoms with van der Waals surface area (Å²) in [7, 11) is -3.33. The van der Waals surface area contributed by atoms with Crippen molar-refractivity contribution in [3.63, 3.8) is 0 Å². The number of sulfonamides is 1. The minimum atomic E-state index is -3.33. The standard InChI is InChI=1S/C10H19N3O2S.2ClH/c11-16(14,15)10-3-7-1-2-8(4-10)13(7)9-5-12-6-9;;/h7-10,12H,1-6H2,(H2,11,14,15);2*1H. The van der Waals surface area contributed by atoms with Crippen LogP contribution < -0.4 is 10.5 Å². The van der Waals surface area contributed by atoms with Crippen molar-refractivity contribution in [2.75, 3.05) is 13.1 Å². The van der Waals surface area contributed by atoms with Crippen molar-refractivity contribution in [1.82, 2.24) is 10.2 Å². The van der Waals surface area contributed by atoms with E-state index in [1.807, 2.05) is 0 Å². The molecule has 2 unspecified atom stereocenters. The Kier molecular flexibility index (Phi) is 5.31. The monoisotopic (exact) mass is 317 g/mol. The van der Waals surface area contributed by atoms with Crippen molar-refractivity contribution in [1.29, 1.82) is 0 Å². The van der Waals surface area contributed by atoms with Crippen LogP contribution in [-0.4, -0.2) is 49.8 Å². The molecule has 0 aromatic carbocycles. The fraction of sp³-hybridized carbons (Fsp3) is 1.00. The van der Waals surface area contributed by atoms with Crippen molar-refractivity contribution in [2.45, 2.75) is 49.1 Å². The molecule has 3 rings (SSSR count). The lowest BCUT2D eigenvalue weighted by Gasteiger charge is -2.46. The van der Waals surface area contributed by atoms with Gasteiger partial charge in [-0.05, 0) is 25.7 Å². The Morgan fingerprint density at radius 1 is 1.00 bits per heavy atom. The number of piperidine rings is 1. The zero-order chi connectivity index (χ0) is 11.3. The highest BCUT2D eigenvalue weighted by atomic mass is 35.5. The predicted octanol–water partition coefficient (Wildman–Crippen LogP) is 0.0857. The molecule has 3 heterocycles. The summed E-state index contributed by atoms with van der Waals surface area (Å²) < 4.78 is 22.8. The maximum atomic E-state index is 11.4. The van der Waals surface area contributed by atoms with Crippen LogP contribution in [-0.2, 0) is 10.0 Å². The van der Waals surface area contributed by atoms with Gasteiger partial charge in [-0.1, -0.05) is 0 Å². The zero-order valence-corrected chi connectivity index (χ0v) is 12.6. The second-order valence-electron chi connectivity index (χ2n) is 5.33. The number of nitrogens with two attached hydrogens (primary N) is 1. The van der Waals surface area contributed by atoms with Gasteiger partial charge in [0, 0.05) is 31.2 Å². The minimum absolute atomic E-state index is 0. The number of rotatable bonds is 2. The van der Waals surface area contributed by atoms with Crippen LogP contribution in [0.25, 0.3) is 0 Å². The highest BCUT2D eigenvalue weighted by Crippen LogP contribution is 2.39. The van der Waals surface area contributed by atoms with Gasteiger partial charge >= 0.3 is 0 Å². The third-order valence-electron chi connectivity index (χ3n) is 4.39. The Balaban J connectivity index is 0.000000810. The molecule has 3 saturated heterocycles. The summed E-state index contributed by atoms with van der Waals surface area (Å²) in [6.07, 6.45) is 3.78. The van der Waals surface area contributed by atoms with E-state index >= 15 is 0 Å². The first-order chi connectivity index (χ1) is 7.55. The van der Waals surface area contributed by atoms with E-state index in [9.17, 15) is 8.42 Å². The van der Waals surface area contributed by atoms with Crippen LogP contribution in [0.1, 0.15) is 25.7 Å². The van der Waals surface area contributed by atoms with Crippen molar-refractivity contribution in [2.24, 2.45) is 5.14 Å². The van der Waals surface area contributed by atoms with Gasteiger partial charge < -0.3 is 5.32 Å². The van der Waals surface area contributed by atoms with E-state index in [0.717, 1.165) is 38.8 Å². The van der Waals surface area contributed by atoms with Crippen molar-refractivity contribution in [3.8, 4) is 0 Å². The molecule has 18 heavy (non-hydrogen) atoms. The predicted molar refractivity (Wildman–Crippen MR) is 75.9 cm³/mol. The summed E-state index contributed by atoms with van der Waals surface area (Å²) in [5.74, 6) is 0. The number of nitrogens with one attached hydrogen (secondary N) is 1. The molecule has 0 spiro atoms. The smallest absolute Gasteiger partial charge is 0.212 e. The van der Waals surface area contributed by atoms with Gasteiger partial charge in [-0.15, -0.1) is 24.8 Å². The van der Waals surface area contributed by atoms with Crippen LogP contribution in [0.4, 0.5) is 0 Å². The van der Waals surface area contributed by atoms with Gasteiger partial charge in [-0.2, -0.15) is 0 Å². The number of hydrogen-bond donors (Lipinski definition) is 2. The second-order valence-corrected chi connectivity index (χ2v) is 7.17. The van der Waals surface area contributed by atoms with Gasteiger partial charge in [-0.3, -0.25) is 4.90 Å². The van der Waals surface area contributed by atoms with Crippen LogP contribution in [0.5, 0.6) is 0 Å². The Bertz CT molecular complexity index is 375. The molecule has 0 amide bonds. The van der Waals surface area contributed by atoms with Gasteiger partial charge in [-0.25, -0.2) is 13.6 Å². The Labute approximate surface area is 121 Å². The van der Waals surface area contributed by atoms with Gasteiger partial charge in [0.25, 0.3) is 0 Å². The van der Waals surface area contributed by atoms with Crippen LogP contribution in [0.2, 0.25) is 0 Å². The summed E-state index contributed by atoms with van der Waals surface area (Å²) in [6.45, 7) is 2.13. The van der Waals surface area contributed by atoms with Crippen LogP contribution in [0.3, 0.4) is 0 Å². The molecule has 8 heteroatoms. The molecular formula is C10H21Cl2N3O2S. The molecule has 3 fully saturated rings. The fourth-order valence-electron chi connectivity index (χ4n) is 3.51. The summed E-state index contributed by atoms with van der Waals surface area (Å²) in [4.78, 5) is 2.55. The van der Waals surface area contributed by atoms with E-state index in [1.54, 1.807) is 0 Å². The van der Waals surface area contributed by atoms with E-state index in [0.29, 0.717) is 18.1 Å². The minimum Gasteiger partial charge on any atom is -0.314 e. The van der Waals surface area contributed by atoms with Gasteiger partial charge in [0.2, 0.25) is 10.0 Å². The molecule has 3 aliphatic heterocycles. The number of hydrogen-bond acceptors (Lipinski definition) is 4. The third kappa shape index (κ3) is 2.78. The van der Waals surface area contributed by atoms with Crippen LogP contribution >= 0.6 is 24.8 Å². The lowest BCUT2D eigenvalue weighted by Crippen LogP contribution is -2.63. The molecule has 3 aliphatic rings. The lowest BCUT2D eigenvalue weighted by atomic mass is 9.97. The van der Waals surface area contributed by atoms with Gasteiger partial charge in [0.05, 0.1) is 5.25 Å². The summed E-state index contributed by atoms with van der Waals surface area (Å²) in [5, 5.41) is 8.26. The number of fused-ring (bicyclic) bond motifs is 2. The highest BCUT2D eigenvalue weighted by molar-refractivity contribution is 7.89. The first-order valence-electron chi connectivity index (χ1n) is 6.05. The first-order valence-corrected chi connectivity index (χ1v) is 7.66. The number of halogens is 2.